The van der Waals surface area contributed by atoms with E-state index in [2.05, 4.69) is 5.32 Å². The minimum absolute atomic E-state index is 0.0213. The number of carbonyl (C=O) groups is 2. The second-order valence-corrected chi connectivity index (χ2v) is 9.71. The van der Waals surface area contributed by atoms with Gasteiger partial charge in [-0.05, 0) is 63.4 Å². The van der Waals surface area contributed by atoms with Crippen molar-refractivity contribution in [3.63, 3.8) is 0 Å². The molecule has 1 amide bonds. The van der Waals surface area contributed by atoms with E-state index in [0.717, 1.165) is 9.44 Å². The number of nitriles is 1. The fraction of sp³-hybridized carbons (Fsp3) is 0.292. The summed E-state index contributed by atoms with van der Waals surface area (Å²) in [5, 5.41) is 14.0. The van der Waals surface area contributed by atoms with Crippen molar-refractivity contribution in [1.29, 1.82) is 5.26 Å². The first-order chi connectivity index (χ1) is 15.5. The molecule has 4 rings (SSSR count). The highest BCUT2D eigenvalue weighted by Crippen LogP contribution is 2.44. The summed E-state index contributed by atoms with van der Waals surface area (Å²) in [6.45, 7) is 6.68. The normalized spacial score (nSPS) is 18.1. The van der Waals surface area contributed by atoms with Crippen molar-refractivity contribution in [2.45, 2.75) is 38.9 Å². The van der Waals surface area contributed by atoms with E-state index >= 15 is 4.39 Å². The van der Waals surface area contributed by atoms with Gasteiger partial charge in [0.15, 0.2) is 0 Å². The first-order valence-electron chi connectivity index (χ1n) is 10.2. The topological polar surface area (TPSA) is 93.3 Å². The van der Waals surface area contributed by atoms with Crippen LogP contribution in [0.4, 0.5) is 14.9 Å². The van der Waals surface area contributed by atoms with Crippen LogP contribution in [0.5, 0.6) is 0 Å². The van der Waals surface area contributed by atoms with Crippen LogP contribution in [0.15, 0.2) is 41.8 Å². The van der Waals surface area contributed by atoms with Gasteiger partial charge in [0.1, 0.15) is 35.4 Å². The number of hydrogen-bond donors (Lipinski definition) is 1. The molecular weight excluding hydrogens is 445 g/mol. The van der Waals surface area contributed by atoms with Crippen LogP contribution in [0.25, 0.3) is 11.3 Å². The number of anilines is 1. The summed E-state index contributed by atoms with van der Waals surface area (Å²) >= 11 is 1.42. The molecule has 0 saturated heterocycles. The maximum absolute atomic E-state index is 15.4. The molecule has 33 heavy (non-hydrogen) atoms. The zero-order valence-corrected chi connectivity index (χ0v) is 19.4. The molecule has 170 valence electrons. The molecule has 1 atom stereocenters. The molecule has 7 nitrogen and oxygen atoms in total. The molecule has 1 N–H and O–H groups in total. The summed E-state index contributed by atoms with van der Waals surface area (Å²) in [6, 6.07) is 11.6. The molecule has 2 aromatic heterocycles. The number of carbonyl (C=O) groups excluding carboxylic acids is 2. The molecule has 1 aromatic carbocycles. The quantitative estimate of drug-likeness (QED) is 0.556. The Morgan fingerprint density at radius 1 is 1.33 bits per heavy atom. The van der Waals surface area contributed by atoms with E-state index in [9.17, 15) is 14.9 Å². The number of nitrogens with one attached hydrogen (secondary N) is 1. The third kappa shape index (κ3) is 4.15. The van der Waals surface area contributed by atoms with Crippen molar-refractivity contribution in [3.8, 4) is 17.3 Å². The molecule has 0 saturated carbocycles. The summed E-state index contributed by atoms with van der Waals surface area (Å²) in [5.41, 5.74) is -0.802. The molecule has 0 fully saturated rings. The van der Waals surface area contributed by atoms with Gasteiger partial charge in [0.25, 0.3) is 5.91 Å². The number of nitrogens with zero attached hydrogens (tertiary/aromatic N) is 2. The summed E-state index contributed by atoms with van der Waals surface area (Å²) in [7, 11) is 0. The summed E-state index contributed by atoms with van der Waals surface area (Å²) in [4.78, 5) is 25.9. The van der Waals surface area contributed by atoms with Crippen LogP contribution >= 0.6 is 11.3 Å². The number of halogens is 1. The fourth-order valence-corrected chi connectivity index (χ4v) is 4.58. The van der Waals surface area contributed by atoms with Gasteiger partial charge in [0.05, 0.1) is 11.4 Å². The number of thiophene rings is 1. The third-order valence-electron chi connectivity index (χ3n) is 5.22. The average Bonchev–Trinajstić information content (AvgIpc) is 3.40. The summed E-state index contributed by atoms with van der Waals surface area (Å²) in [5.74, 6) is -1.15. The second-order valence-electron chi connectivity index (χ2n) is 8.76. The Morgan fingerprint density at radius 2 is 2.09 bits per heavy atom. The zero-order valence-electron chi connectivity index (χ0n) is 18.6. The van der Waals surface area contributed by atoms with Gasteiger partial charge in [-0.25, -0.2) is 13.8 Å². The number of amides is 1. The molecule has 1 unspecified atom stereocenters. The van der Waals surface area contributed by atoms with Gasteiger partial charge in [-0.2, -0.15) is 5.26 Å². The molecule has 1 aliphatic rings. The Kier molecular flexibility index (Phi) is 5.60. The molecule has 0 aliphatic carbocycles. The van der Waals surface area contributed by atoms with E-state index in [1.165, 1.54) is 23.5 Å². The van der Waals surface area contributed by atoms with Crippen LogP contribution in [0.2, 0.25) is 0 Å². The smallest absolute Gasteiger partial charge is 0.420 e. The summed E-state index contributed by atoms with van der Waals surface area (Å²) in [6.07, 6.45) is -0.750. The number of rotatable bonds is 2. The fourth-order valence-electron chi connectivity index (χ4n) is 3.73. The maximum atomic E-state index is 15.4. The van der Waals surface area contributed by atoms with E-state index in [1.807, 2.05) is 23.6 Å². The van der Waals surface area contributed by atoms with Crippen molar-refractivity contribution in [2.75, 3.05) is 11.9 Å². The lowest BCUT2D eigenvalue weighted by molar-refractivity contribution is -0.124. The number of fused-ring (bicyclic) bond motifs is 1. The zero-order chi connectivity index (χ0) is 24.0. The second kappa shape index (κ2) is 8.14. The lowest BCUT2D eigenvalue weighted by atomic mass is 9.90. The maximum Gasteiger partial charge on any atom is 0.420 e. The van der Waals surface area contributed by atoms with Crippen molar-refractivity contribution in [2.24, 2.45) is 0 Å². The molecule has 1 aliphatic heterocycles. The first-order valence-corrected chi connectivity index (χ1v) is 11.1. The number of ether oxygens (including phenoxy) is 2. The van der Waals surface area contributed by atoms with Crippen LogP contribution in [0.1, 0.15) is 43.8 Å². The molecular formula is C24H22FN3O4S. The first kappa shape index (κ1) is 22.7. The molecule has 9 heteroatoms. The summed E-state index contributed by atoms with van der Waals surface area (Å²) < 4.78 is 27.9. The highest BCUT2D eigenvalue weighted by atomic mass is 32.1. The van der Waals surface area contributed by atoms with Crippen molar-refractivity contribution >= 4 is 29.0 Å². The molecule has 0 bridgehead atoms. The average molecular weight is 468 g/mol. The molecule has 3 aromatic rings. The highest BCUT2D eigenvalue weighted by Gasteiger charge is 2.39. The Bertz CT molecular complexity index is 1280. The Balaban J connectivity index is 1.93. The lowest BCUT2D eigenvalue weighted by Crippen LogP contribution is -2.28. The van der Waals surface area contributed by atoms with Gasteiger partial charge in [-0.1, -0.05) is 6.07 Å². The number of aromatic nitrogens is 1. The van der Waals surface area contributed by atoms with E-state index in [-0.39, 0.29) is 23.7 Å². The lowest BCUT2D eigenvalue weighted by Gasteiger charge is -2.29. The van der Waals surface area contributed by atoms with Crippen molar-refractivity contribution < 1.29 is 23.5 Å². The van der Waals surface area contributed by atoms with Crippen molar-refractivity contribution in [3.05, 3.63) is 63.7 Å². The van der Waals surface area contributed by atoms with Gasteiger partial charge in [0, 0.05) is 16.0 Å². The van der Waals surface area contributed by atoms with E-state index in [0.29, 0.717) is 11.1 Å². The SMILES string of the molecule is CC(C)(C)OC(=O)n1c(C#N)ccc1-c1cc(F)c2c(c1)C(C)(c1cccs1)OCC(=O)N2. The minimum atomic E-state index is -1.11. The van der Waals surface area contributed by atoms with Gasteiger partial charge in [-0.15, -0.1) is 11.3 Å². The standard InChI is InChI=1S/C24H22FN3O4S/c1-23(2,3)32-22(30)28-15(12-26)7-8-18(28)14-10-16-21(17(25)11-14)27-20(29)13-31-24(16,4)19-6-5-9-33-19/h5-11H,13H2,1-4H3,(H,27,29). The van der Waals surface area contributed by atoms with Gasteiger partial charge in [-0.3, -0.25) is 4.79 Å². The molecule has 3 heterocycles. The Labute approximate surface area is 194 Å². The monoisotopic (exact) mass is 467 g/mol. The van der Waals surface area contributed by atoms with Crippen molar-refractivity contribution in [1.82, 2.24) is 4.57 Å². The molecule has 0 radical (unpaired) electrons. The number of hydrogen-bond acceptors (Lipinski definition) is 6. The predicted octanol–water partition coefficient (Wildman–Crippen LogP) is 5.24. The van der Waals surface area contributed by atoms with E-state index < -0.39 is 29.0 Å². The van der Waals surface area contributed by atoms with Gasteiger partial charge >= 0.3 is 6.09 Å². The van der Waals surface area contributed by atoms with Crippen LogP contribution in [0.3, 0.4) is 0 Å². The number of benzene rings is 1. The highest BCUT2D eigenvalue weighted by molar-refractivity contribution is 7.10. The van der Waals surface area contributed by atoms with Crippen LogP contribution in [-0.2, 0) is 19.9 Å². The third-order valence-corrected chi connectivity index (χ3v) is 6.29. The largest absolute Gasteiger partial charge is 0.443 e. The Hall–Kier alpha value is -3.48. The van der Waals surface area contributed by atoms with Gasteiger partial charge < -0.3 is 14.8 Å². The van der Waals surface area contributed by atoms with Gasteiger partial charge in [0.2, 0.25) is 0 Å². The predicted molar refractivity (Wildman–Crippen MR) is 122 cm³/mol. The van der Waals surface area contributed by atoms with E-state index in [1.54, 1.807) is 39.8 Å². The van der Waals surface area contributed by atoms with Crippen LogP contribution < -0.4 is 5.32 Å². The van der Waals surface area contributed by atoms with E-state index in [4.69, 9.17) is 9.47 Å². The minimum Gasteiger partial charge on any atom is -0.443 e. The Morgan fingerprint density at radius 3 is 2.73 bits per heavy atom. The molecule has 0 spiro atoms. The van der Waals surface area contributed by atoms with Crippen LogP contribution in [0, 0.1) is 17.1 Å². The van der Waals surface area contributed by atoms with Crippen LogP contribution in [-0.4, -0.2) is 28.8 Å².